The maximum atomic E-state index is 17.3. The van der Waals surface area contributed by atoms with Crippen LogP contribution in [0.1, 0.15) is 94.4 Å². The van der Waals surface area contributed by atoms with Crippen LogP contribution in [0.15, 0.2) is 18.2 Å². The van der Waals surface area contributed by atoms with Gasteiger partial charge in [0.2, 0.25) is 0 Å². The van der Waals surface area contributed by atoms with E-state index in [0.29, 0.717) is 42.9 Å². The van der Waals surface area contributed by atoms with E-state index in [1.165, 1.54) is 18.6 Å². The quantitative estimate of drug-likeness (QED) is 0.193. The van der Waals surface area contributed by atoms with E-state index in [1.807, 2.05) is 32.6 Å². The summed E-state index contributed by atoms with van der Waals surface area (Å²) in [5.41, 5.74) is -1.13. The molecule has 5 heterocycles. The van der Waals surface area contributed by atoms with Gasteiger partial charge in [0, 0.05) is 48.2 Å². The highest BCUT2D eigenvalue weighted by molar-refractivity contribution is 7.22. The maximum Gasteiger partial charge on any atom is 0.413 e. The molecular weight excluding hydrogens is 776 g/mol. The number of likely N-dealkylation sites (tertiary alicyclic amines) is 1. The van der Waals surface area contributed by atoms with Crippen LogP contribution in [0.3, 0.4) is 0 Å². The fraction of sp³-hybridized carbons (Fsp3) is 0.585. The van der Waals surface area contributed by atoms with Gasteiger partial charge in [0.25, 0.3) is 0 Å². The third-order valence-corrected chi connectivity index (χ3v) is 12.0. The number of carbonyl (C=O) groups is 2. The van der Waals surface area contributed by atoms with Crippen LogP contribution in [0, 0.1) is 11.6 Å². The summed E-state index contributed by atoms with van der Waals surface area (Å²) in [6.07, 6.45) is 3.54. The van der Waals surface area contributed by atoms with Crippen LogP contribution in [-0.4, -0.2) is 98.0 Å². The molecule has 5 atom stereocenters. The second kappa shape index (κ2) is 15.6. The van der Waals surface area contributed by atoms with Crippen molar-refractivity contribution in [3.8, 4) is 17.1 Å². The predicted molar refractivity (Wildman–Crippen MR) is 220 cm³/mol. The number of piperazine rings is 1. The Kier molecular flexibility index (Phi) is 11.2. The van der Waals surface area contributed by atoms with Crippen molar-refractivity contribution in [2.75, 3.05) is 29.9 Å². The molecule has 16 heteroatoms. The number of anilines is 2. The molecule has 2 amide bonds. The number of aromatic nitrogens is 3. The molecular formula is C41H52ClF2N7O5S. The van der Waals surface area contributed by atoms with E-state index in [1.54, 1.807) is 26.8 Å². The van der Waals surface area contributed by atoms with Crippen LogP contribution >= 0.6 is 22.9 Å². The molecule has 0 radical (unpaired) electrons. The Hall–Kier alpha value is -4.08. The average molecular weight is 828 g/mol. The molecule has 2 bridgehead atoms. The molecule has 2 aromatic carbocycles. The Balaban J connectivity index is 1.29. The summed E-state index contributed by atoms with van der Waals surface area (Å²) < 4.78 is 50.3. The Morgan fingerprint density at radius 2 is 1.60 bits per heavy atom. The third kappa shape index (κ3) is 8.70. The molecule has 4 aromatic rings. The molecule has 3 aliphatic heterocycles. The van der Waals surface area contributed by atoms with Crippen molar-refractivity contribution in [3.63, 3.8) is 0 Å². The lowest BCUT2D eigenvalue weighted by Crippen LogP contribution is -2.57. The standard InChI is InChI=1S/C41H52ClF2N7O5S/c1-21-11-10-12-22(2)50(21)18-23(3)54-36-45-32-27(35(47-36)49-19-24-13-14-25(20-49)51(24)39(53)56-41(7,8)9)17-28(42)30(31(32)44)26-15-16-29(43)34-33(26)46-37(57-34)48-38(52)55-40(4,5)6/h15-17,21-25H,10-14,18-20H2,1-9H3,(H,46,48,52)/t21?,22?,23-,24?,25?/m0/s1. The van der Waals surface area contributed by atoms with Gasteiger partial charge in [0.15, 0.2) is 10.9 Å². The third-order valence-electron chi connectivity index (χ3n) is 10.8. The van der Waals surface area contributed by atoms with Crippen molar-refractivity contribution >= 4 is 67.2 Å². The highest BCUT2D eigenvalue weighted by atomic mass is 35.5. The van der Waals surface area contributed by atoms with E-state index < -0.39 is 28.9 Å². The minimum Gasteiger partial charge on any atom is -0.459 e. The van der Waals surface area contributed by atoms with E-state index in [0.717, 1.165) is 37.0 Å². The summed E-state index contributed by atoms with van der Waals surface area (Å²) in [4.78, 5) is 46.3. The van der Waals surface area contributed by atoms with Gasteiger partial charge < -0.3 is 19.1 Å². The number of halogens is 3. The average Bonchev–Trinajstić information content (AvgIpc) is 3.64. The van der Waals surface area contributed by atoms with E-state index in [2.05, 4.69) is 38.9 Å². The molecule has 0 aliphatic carbocycles. The summed E-state index contributed by atoms with van der Waals surface area (Å²) in [6, 6.07) is 4.77. The lowest BCUT2D eigenvalue weighted by atomic mass is 9.97. The fourth-order valence-corrected chi connectivity index (χ4v) is 9.54. The van der Waals surface area contributed by atoms with Gasteiger partial charge >= 0.3 is 18.2 Å². The first kappa shape index (κ1) is 41.1. The molecule has 4 unspecified atom stereocenters. The van der Waals surface area contributed by atoms with Crippen LogP contribution < -0.4 is 15.0 Å². The number of carbonyl (C=O) groups excluding carboxylic acids is 2. The van der Waals surface area contributed by atoms with Crippen LogP contribution in [-0.2, 0) is 9.47 Å². The molecule has 3 aliphatic rings. The van der Waals surface area contributed by atoms with Gasteiger partial charge in [0.05, 0.1) is 27.3 Å². The summed E-state index contributed by atoms with van der Waals surface area (Å²) in [6.45, 7) is 18.7. The van der Waals surface area contributed by atoms with Crippen molar-refractivity contribution in [3.05, 3.63) is 34.9 Å². The van der Waals surface area contributed by atoms with E-state index >= 15 is 8.78 Å². The lowest BCUT2D eigenvalue weighted by molar-refractivity contribution is 0.0122. The van der Waals surface area contributed by atoms with Gasteiger partial charge in [-0.2, -0.15) is 9.97 Å². The number of rotatable bonds is 7. The second-order valence-electron chi connectivity index (χ2n) is 17.6. The Labute approximate surface area is 341 Å². The topological polar surface area (TPSA) is 122 Å². The number of hydrogen-bond acceptors (Lipinski definition) is 11. The van der Waals surface area contributed by atoms with Crippen LogP contribution in [0.25, 0.3) is 32.2 Å². The molecule has 0 saturated carbocycles. The monoisotopic (exact) mass is 827 g/mol. The number of nitrogens with one attached hydrogen (secondary N) is 1. The number of hydrogen-bond donors (Lipinski definition) is 1. The number of nitrogens with zero attached hydrogens (tertiary/aromatic N) is 6. The molecule has 1 N–H and O–H groups in total. The molecule has 57 heavy (non-hydrogen) atoms. The highest BCUT2D eigenvalue weighted by Crippen LogP contribution is 2.44. The van der Waals surface area contributed by atoms with Gasteiger partial charge in [-0.3, -0.25) is 15.1 Å². The highest BCUT2D eigenvalue weighted by Gasteiger charge is 2.45. The van der Waals surface area contributed by atoms with E-state index in [9.17, 15) is 9.59 Å². The van der Waals surface area contributed by atoms with Gasteiger partial charge in [0.1, 0.15) is 34.5 Å². The zero-order valence-corrected chi connectivity index (χ0v) is 35.6. The molecule has 0 spiro atoms. The zero-order chi connectivity index (χ0) is 41.1. The molecule has 2 aromatic heterocycles. The van der Waals surface area contributed by atoms with Crippen molar-refractivity contribution in [2.45, 2.75) is 136 Å². The maximum absolute atomic E-state index is 17.3. The number of benzene rings is 2. The number of thiazole rings is 1. The van der Waals surface area contributed by atoms with Crippen molar-refractivity contribution in [1.29, 1.82) is 0 Å². The van der Waals surface area contributed by atoms with Crippen molar-refractivity contribution < 1.29 is 32.6 Å². The summed E-state index contributed by atoms with van der Waals surface area (Å²) in [5, 5.41) is 3.05. The smallest absolute Gasteiger partial charge is 0.413 e. The van der Waals surface area contributed by atoms with Crippen LogP contribution in [0.2, 0.25) is 5.02 Å². The molecule has 3 fully saturated rings. The van der Waals surface area contributed by atoms with Gasteiger partial charge in [-0.15, -0.1) is 0 Å². The summed E-state index contributed by atoms with van der Waals surface area (Å²) >= 11 is 7.89. The number of amides is 2. The molecule has 7 rings (SSSR count). The first-order valence-corrected chi connectivity index (χ1v) is 20.9. The predicted octanol–water partition coefficient (Wildman–Crippen LogP) is 9.80. The summed E-state index contributed by atoms with van der Waals surface area (Å²) in [7, 11) is 0. The van der Waals surface area contributed by atoms with Crippen molar-refractivity contribution in [1.82, 2.24) is 24.8 Å². The second-order valence-corrected chi connectivity index (χ2v) is 19.0. The largest absolute Gasteiger partial charge is 0.459 e. The number of fused-ring (bicyclic) bond motifs is 4. The van der Waals surface area contributed by atoms with E-state index in [-0.39, 0.29) is 67.3 Å². The normalized spacial score (nSPS) is 22.2. The van der Waals surface area contributed by atoms with Gasteiger partial charge in [-0.1, -0.05) is 29.4 Å². The Morgan fingerprint density at radius 1 is 0.947 bits per heavy atom. The Bertz CT molecular complexity index is 2170. The minimum atomic E-state index is -0.768. The lowest BCUT2D eigenvalue weighted by Gasteiger charge is -2.42. The first-order valence-electron chi connectivity index (χ1n) is 19.7. The molecule has 12 nitrogen and oxygen atoms in total. The summed E-state index contributed by atoms with van der Waals surface area (Å²) in [5.74, 6) is -0.904. The van der Waals surface area contributed by atoms with Gasteiger partial charge in [-0.25, -0.2) is 23.4 Å². The Morgan fingerprint density at radius 3 is 2.23 bits per heavy atom. The van der Waals surface area contributed by atoms with Gasteiger partial charge in [-0.05, 0) is 106 Å². The SMILES string of the molecule is CC1CCCC(C)N1C[C@H](C)Oc1nc(N2CC3CCC(C2)N3C(=O)OC(C)(C)C)c2cc(Cl)c(-c3ccc(F)c4sc(NC(=O)OC(C)(C)C)nc34)c(F)c2n1. The van der Waals surface area contributed by atoms with Crippen LogP contribution in [0.5, 0.6) is 6.01 Å². The minimum absolute atomic E-state index is 0.0122. The van der Waals surface area contributed by atoms with E-state index in [4.69, 9.17) is 30.8 Å². The fourth-order valence-electron chi connectivity index (χ4n) is 8.36. The van der Waals surface area contributed by atoms with Crippen molar-refractivity contribution in [2.24, 2.45) is 0 Å². The number of ether oxygens (including phenoxy) is 3. The molecule has 3 saturated heterocycles. The first-order chi connectivity index (χ1) is 26.8. The number of piperidine rings is 1. The zero-order valence-electron chi connectivity index (χ0n) is 34.0. The van der Waals surface area contributed by atoms with Crippen LogP contribution in [0.4, 0.5) is 29.3 Å². The molecule has 308 valence electrons.